The van der Waals surface area contributed by atoms with Gasteiger partial charge in [0.2, 0.25) is 0 Å². The summed E-state index contributed by atoms with van der Waals surface area (Å²) in [6.07, 6.45) is 7.32. The number of hydrogen-bond acceptors (Lipinski definition) is 2. The average Bonchev–Trinajstić information content (AvgIpc) is 2.91. The molecule has 2 heteroatoms. The highest BCUT2D eigenvalue weighted by molar-refractivity contribution is 5.47. The van der Waals surface area contributed by atoms with Crippen LogP contribution in [0.5, 0.6) is 5.75 Å². The van der Waals surface area contributed by atoms with Gasteiger partial charge in [-0.05, 0) is 60.8 Å². The highest BCUT2D eigenvalue weighted by Gasteiger charge is 2.36. The van der Waals surface area contributed by atoms with Gasteiger partial charge in [-0.25, -0.2) is 0 Å². The third-order valence-electron chi connectivity index (χ3n) is 4.10. The lowest BCUT2D eigenvalue weighted by atomic mass is 9.84. The molecule has 1 fully saturated rings. The molecule has 1 saturated carbocycles. The van der Waals surface area contributed by atoms with Crippen LogP contribution < -0.4 is 4.74 Å². The fourth-order valence-corrected chi connectivity index (χ4v) is 3.33. The number of rotatable bonds is 3. The molecule has 3 unspecified atom stereocenters. The highest BCUT2D eigenvalue weighted by atomic mass is 16.5. The maximum atomic E-state index is 10.3. The Balaban J connectivity index is 1.88. The first-order chi connectivity index (χ1) is 8.28. The van der Waals surface area contributed by atoms with E-state index >= 15 is 0 Å². The van der Waals surface area contributed by atoms with Crippen LogP contribution in [0.4, 0.5) is 0 Å². The molecule has 0 heterocycles. The van der Waals surface area contributed by atoms with E-state index in [1.807, 2.05) is 12.1 Å². The quantitative estimate of drug-likeness (QED) is 0.586. The number of ether oxygens (including phenoxy) is 1. The van der Waals surface area contributed by atoms with Crippen LogP contribution in [0.2, 0.25) is 0 Å². The van der Waals surface area contributed by atoms with E-state index in [-0.39, 0.29) is 0 Å². The van der Waals surface area contributed by atoms with Crippen LogP contribution in [-0.4, -0.2) is 6.47 Å². The van der Waals surface area contributed by atoms with Crippen molar-refractivity contribution >= 4 is 6.47 Å². The van der Waals surface area contributed by atoms with E-state index in [0.29, 0.717) is 18.1 Å². The van der Waals surface area contributed by atoms with Gasteiger partial charge in [-0.1, -0.05) is 18.2 Å². The van der Waals surface area contributed by atoms with E-state index in [9.17, 15) is 4.79 Å². The zero-order valence-electron chi connectivity index (χ0n) is 9.93. The predicted molar refractivity (Wildman–Crippen MR) is 66.0 cm³/mol. The van der Waals surface area contributed by atoms with Crippen LogP contribution in [-0.2, 0) is 4.79 Å². The molecule has 0 N–H and O–H groups in total. The third kappa shape index (κ3) is 1.78. The molecule has 0 amide bonds. The molecule has 2 aliphatic carbocycles. The molecule has 0 aliphatic heterocycles. The van der Waals surface area contributed by atoms with Gasteiger partial charge in [0.15, 0.2) is 0 Å². The molecule has 2 aliphatic rings. The molecule has 2 nitrogen and oxygen atoms in total. The number of allylic oxidation sites excluding steroid dienone is 2. The topological polar surface area (TPSA) is 26.3 Å². The van der Waals surface area contributed by atoms with Crippen LogP contribution in [0.3, 0.4) is 0 Å². The van der Waals surface area contributed by atoms with Crippen molar-refractivity contribution in [3.63, 3.8) is 0 Å². The number of aryl methyl sites for hydroxylation is 1. The molecule has 17 heavy (non-hydrogen) atoms. The van der Waals surface area contributed by atoms with Gasteiger partial charge in [-0.15, -0.1) is 0 Å². The monoisotopic (exact) mass is 228 g/mol. The molecule has 3 atom stereocenters. The Morgan fingerprint density at radius 3 is 2.76 bits per heavy atom. The van der Waals surface area contributed by atoms with E-state index in [2.05, 4.69) is 25.1 Å². The maximum Gasteiger partial charge on any atom is 0.298 e. The van der Waals surface area contributed by atoms with Gasteiger partial charge < -0.3 is 4.74 Å². The van der Waals surface area contributed by atoms with Crippen molar-refractivity contribution in [2.24, 2.45) is 11.8 Å². The fourth-order valence-electron chi connectivity index (χ4n) is 3.33. The molecular formula is C15H16O2. The van der Waals surface area contributed by atoms with Gasteiger partial charge in [0.05, 0.1) is 0 Å². The van der Waals surface area contributed by atoms with Gasteiger partial charge in [0, 0.05) is 0 Å². The van der Waals surface area contributed by atoms with E-state index < -0.39 is 0 Å². The molecule has 0 aromatic heterocycles. The van der Waals surface area contributed by atoms with Crippen molar-refractivity contribution in [3.8, 4) is 5.75 Å². The Hall–Kier alpha value is -1.57. The first kappa shape index (κ1) is 10.6. The van der Waals surface area contributed by atoms with Gasteiger partial charge >= 0.3 is 0 Å². The molecule has 0 radical (unpaired) electrons. The van der Waals surface area contributed by atoms with Gasteiger partial charge in [0.1, 0.15) is 5.75 Å². The lowest BCUT2D eigenvalue weighted by Gasteiger charge is -2.20. The first-order valence-electron chi connectivity index (χ1n) is 6.17. The summed E-state index contributed by atoms with van der Waals surface area (Å²) in [5.74, 6) is 2.81. The van der Waals surface area contributed by atoms with Gasteiger partial charge in [-0.3, -0.25) is 4.79 Å². The third-order valence-corrected chi connectivity index (χ3v) is 4.10. The summed E-state index contributed by atoms with van der Waals surface area (Å²) in [7, 11) is 0. The lowest BCUT2D eigenvalue weighted by molar-refractivity contribution is -0.120. The van der Waals surface area contributed by atoms with E-state index in [4.69, 9.17) is 4.74 Å². The Bertz CT molecular complexity index is 476. The number of hydrogen-bond donors (Lipinski definition) is 0. The minimum absolute atomic E-state index is 0.481. The van der Waals surface area contributed by atoms with Crippen LogP contribution in [0.1, 0.15) is 29.9 Å². The fraction of sp³-hybridized carbons (Fsp3) is 0.400. The summed E-state index contributed by atoms with van der Waals surface area (Å²) >= 11 is 0. The predicted octanol–water partition coefficient (Wildman–Crippen LogP) is 3.21. The zero-order chi connectivity index (χ0) is 11.8. The van der Waals surface area contributed by atoms with Crippen molar-refractivity contribution in [2.75, 3.05) is 0 Å². The average molecular weight is 228 g/mol. The first-order valence-corrected chi connectivity index (χ1v) is 6.17. The second-order valence-electron chi connectivity index (χ2n) is 5.12. The standard InChI is InChI=1S/C15H16O2/c1-10-6-13(17-9-16)4-5-14(10)15-8-11-2-3-12(15)7-11/h2-6,9,11-12,15H,7-8H2,1H3. The summed E-state index contributed by atoms with van der Waals surface area (Å²) in [5, 5.41) is 0. The number of carbonyl (C=O) groups is 1. The Morgan fingerprint density at radius 2 is 2.18 bits per heavy atom. The molecular weight excluding hydrogens is 212 g/mol. The second-order valence-corrected chi connectivity index (χ2v) is 5.12. The molecule has 2 bridgehead atoms. The van der Waals surface area contributed by atoms with Gasteiger partial charge in [-0.2, -0.15) is 0 Å². The Kier molecular flexibility index (Phi) is 2.50. The maximum absolute atomic E-state index is 10.3. The van der Waals surface area contributed by atoms with Crippen molar-refractivity contribution in [1.82, 2.24) is 0 Å². The highest BCUT2D eigenvalue weighted by Crippen LogP contribution is 2.49. The molecule has 0 saturated heterocycles. The summed E-state index contributed by atoms with van der Waals surface area (Å²) in [6.45, 7) is 2.58. The van der Waals surface area contributed by atoms with Crippen molar-refractivity contribution in [3.05, 3.63) is 41.5 Å². The zero-order valence-corrected chi connectivity index (χ0v) is 9.93. The van der Waals surface area contributed by atoms with Crippen LogP contribution in [0, 0.1) is 18.8 Å². The Morgan fingerprint density at radius 1 is 1.29 bits per heavy atom. The minimum atomic E-state index is 0.481. The van der Waals surface area contributed by atoms with Crippen LogP contribution in [0.25, 0.3) is 0 Å². The van der Waals surface area contributed by atoms with Crippen molar-refractivity contribution in [1.29, 1.82) is 0 Å². The molecule has 1 aromatic rings. The number of benzene rings is 1. The van der Waals surface area contributed by atoms with Crippen LogP contribution >= 0.6 is 0 Å². The molecule has 0 spiro atoms. The van der Waals surface area contributed by atoms with Gasteiger partial charge in [0.25, 0.3) is 6.47 Å². The summed E-state index contributed by atoms with van der Waals surface area (Å²) in [4.78, 5) is 10.3. The number of carbonyl (C=O) groups excluding carboxylic acids is 1. The SMILES string of the molecule is Cc1cc(OC=O)ccc1C1CC2C=CC1C2. The normalized spacial score (nSPS) is 29.6. The second kappa shape index (κ2) is 4.02. The molecule has 1 aromatic carbocycles. The summed E-state index contributed by atoms with van der Waals surface area (Å²) in [6, 6.07) is 5.97. The van der Waals surface area contributed by atoms with E-state index in [1.54, 1.807) is 0 Å². The largest absolute Gasteiger partial charge is 0.429 e. The molecule has 3 rings (SSSR count). The Labute approximate surface area is 101 Å². The van der Waals surface area contributed by atoms with Crippen LogP contribution in [0.15, 0.2) is 30.4 Å². The molecule has 88 valence electrons. The minimum Gasteiger partial charge on any atom is -0.429 e. The lowest BCUT2D eigenvalue weighted by Crippen LogP contribution is -2.06. The smallest absolute Gasteiger partial charge is 0.298 e. The number of fused-ring (bicyclic) bond motifs is 2. The van der Waals surface area contributed by atoms with E-state index in [1.165, 1.54) is 24.0 Å². The van der Waals surface area contributed by atoms with E-state index in [0.717, 1.165) is 11.8 Å². The summed E-state index contributed by atoms with van der Waals surface area (Å²) < 4.78 is 4.87. The van der Waals surface area contributed by atoms with Crippen molar-refractivity contribution < 1.29 is 9.53 Å². The van der Waals surface area contributed by atoms with Crippen molar-refractivity contribution in [2.45, 2.75) is 25.7 Å². The summed E-state index contributed by atoms with van der Waals surface area (Å²) in [5.41, 5.74) is 2.65.